The Morgan fingerprint density at radius 2 is 1.84 bits per heavy atom. The minimum absolute atomic E-state index is 0.0378. The molecule has 1 aromatic rings. The van der Waals surface area contributed by atoms with Crippen LogP contribution in [0.3, 0.4) is 0 Å². The van der Waals surface area contributed by atoms with E-state index >= 15 is 0 Å². The Labute approximate surface area is 112 Å². The first kappa shape index (κ1) is 15.5. The maximum atomic E-state index is 13.8. The molecule has 0 bridgehead atoms. The van der Waals surface area contributed by atoms with Gasteiger partial charge in [-0.2, -0.15) is 0 Å². The van der Waals surface area contributed by atoms with Crippen molar-refractivity contribution in [1.29, 1.82) is 0 Å². The number of nitrogens with one attached hydrogen (secondary N) is 1. The summed E-state index contributed by atoms with van der Waals surface area (Å²) in [4.78, 5) is -0.494. The Hall–Kier alpha value is -1.60. The molecule has 0 saturated heterocycles. The summed E-state index contributed by atoms with van der Waals surface area (Å²) in [5, 5.41) is 0. The molecule has 0 unspecified atom stereocenters. The summed E-state index contributed by atoms with van der Waals surface area (Å²) in [5.74, 6) is -0.648. The maximum Gasteiger partial charge on any atom is 0.243 e. The third kappa shape index (κ3) is 3.68. The molecule has 0 fully saturated rings. The van der Waals surface area contributed by atoms with Crippen LogP contribution in [0, 0.1) is 5.82 Å². The van der Waals surface area contributed by atoms with E-state index in [1.54, 1.807) is 6.92 Å². The van der Waals surface area contributed by atoms with Gasteiger partial charge in [0.25, 0.3) is 0 Å². The predicted octanol–water partition coefficient (Wildman–Crippen LogP) is 1.70. The smallest absolute Gasteiger partial charge is 0.243 e. The second-order valence-corrected chi connectivity index (χ2v) is 5.65. The third-order valence-electron chi connectivity index (χ3n) is 2.29. The first-order valence-corrected chi connectivity index (χ1v) is 6.85. The first-order chi connectivity index (χ1) is 8.81. The van der Waals surface area contributed by atoms with Crippen LogP contribution in [0.1, 0.15) is 6.92 Å². The molecule has 106 valence electrons. The molecule has 0 aromatic heterocycles. The molecular weight excluding hydrogens is 273 g/mol. The average molecular weight is 289 g/mol. The molecule has 0 saturated carbocycles. The van der Waals surface area contributed by atoms with Crippen molar-refractivity contribution in [1.82, 2.24) is 4.72 Å². The summed E-state index contributed by atoms with van der Waals surface area (Å²) < 4.78 is 49.8. The van der Waals surface area contributed by atoms with Gasteiger partial charge in [0.15, 0.2) is 11.5 Å². The Bertz CT molecular complexity index is 584. The van der Waals surface area contributed by atoms with Gasteiger partial charge in [0.2, 0.25) is 10.0 Å². The fraction of sp³-hybridized carbons (Fsp3) is 0.333. The summed E-state index contributed by atoms with van der Waals surface area (Å²) in [6.07, 6.45) is 0. The van der Waals surface area contributed by atoms with Crippen LogP contribution in [-0.4, -0.2) is 29.2 Å². The van der Waals surface area contributed by atoms with E-state index in [1.807, 2.05) is 0 Å². The van der Waals surface area contributed by atoms with E-state index in [1.165, 1.54) is 14.2 Å². The van der Waals surface area contributed by atoms with Gasteiger partial charge in [-0.15, -0.1) is 0 Å². The fourth-order valence-corrected chi connectivity index (χ4v) is 2.51. The van der Waals surface area contributed by atoms with Crippen molar-refractivity contribution in [3.63, 3.8) is 0 Å². The summed E-state index contributed by atoms with van der Waals surface area (Å²) in [6, 6.07) is 2.04. The molecular formula is C12H16FNO4S. The van der Waals surface area contributed by atoms with Crippen LogP contribution in [0.15, 0.2) is 29.2 Å². The largest absolute Gasteiger partial charge is 0.493 e. The van der Waals surface area contributed by atoms with Gasteiger partial charge in [0.05, 0.1) is 14.2 Å². The van der Waals surface area contributed by atoms with E-state index in [0.29, 0.717) is 5.57 Å². The fourth-order valence-electron chi connectivity index (χ4n) is 1.34. The molecule has 0 aliphatic carbocycles. The maximum absolute atomic E-state index is 13.8. The number of methoxy groups -OCH3 is 2. The molecule has 1 N–H and O–H groups in total. The Morgan fingerprint density at radius 1 is 1.32 bits per heavy atom. The normalized spacial score (nSPS) is 11.2. The molecule has 0 spiro atoms. The Morgan fingerprint density at radius 3 is 2.32 bits per heavy atom. The van der Waals surface area contributed by atoms with E-state index < -0.39 is 20.7 Å². The molecule has 7 heteroatoms. The average Bonchev–Trinajstić information content (AvgIpc) is 2.35. The highest BCUT2D eigenvalue weighted by atomic mass is 32.2. The zero-order valence-corrected chi connectivity index (χ0v) is 11.8. The van der Waals surface area contributed by atoms with Crippen LogP contribution in [0.25, 0.3) is 0 Å². The summed E-state index contributed by atoms with van der Waals surface area (Å²) in [7, 11) is -1.29. The molecule has 0 heterocycles. The van der Waals surface area contributed by atoms with Gasteiger partial charge in [0.1, 0.15) is 10.7 Å². The first-order valence-electron chi connectivity index (χ1n) is 5.37. The number of benzene rings is 1. The molecule has 1 rings (SSSR count). The van der Waals surface area contributed by atoms with E-state index in [0.717, 1.165) is 12.1 Å². The van der Waals surface area contributed by atoms with E-state index in [4.69, 9.17) is 9.47 Å². The lowest BCUT2D eigenvalue weighted by Gasteiger charge is -2.12. The van der Waals surface area contributed by atoms with E-state index in [-0.39, 0.29) is 18.0 Å². The Kier molecular flexibility index (Phi) is 4.90. The zero-order valence-electron chi connectivity index (χ0n) is 11.0. The van der Waals surface area contributed by atoms with Crippen molar-refractivity contribution < 1.29 is 22.3 Å². The molecule has 19 heavy (non-hydrogen) atoms. The highest BCUT2D eigenvalue weighted by molar-refractivity contribution is 7.89. The lowest BCUT2D eigenvalue weighted by Crippen LogP contribution is -2.26. The number of halogens is 1. The lowest BCUT2D eigenvalue weighted by molar-refractivity contribution is 0.350. The van der Waals surface area contributed by atoms with Crippen molar-refractivity contribution >= 4 is 10.0 Å². The number of hydrogen-bond acceptors (Lipinski definition) is 4. The van der Waals surface area contributed by atoms with Gasteiger partial charge in [-0.05, 0) is 6.92 Å². The number of rotatable bonds is 6. The van der Waals surface area contributed by atoms with Crippen molar-refractivity contribution in [2.75, 3.05) is 20.8 Å². The number of hydrogen-bond donors (Lipinski definition) is 1. The second-order valence-electron chi connectivity index (χ2n) is 3.92. The van der Waals surface area contributed by atoms with Gasteiger partial charge >= 0.3 is 0 Å². The molecule has 5 nitrogen and oxygen atoms in total. The van der Waals surface area contributed by atoms with Crippen molar-refractivity contribution in [3.8, 4) is 11.5 Å². The van der Waals surface area contributed by atoms with Gasteiger partial charge in [-0.3, -0.25) is 0 Å². The minimum Gasteiger partial charge on any atom is -0.493 e. The predicted molar refractivity (Wildman–Crippen MR) is 69.5 cm³/mol. The van der Waals surface area contributed by atoms with Crippen LogP contribution in [0.2, 0.25) is 0 Å². The number of sulfonamides is 1. The van der Waals surface area contributed by atoms with Crippen LogP contribution in [0.4, 0.5) is 4.39 Å². The van der Waals surface area contributed by atoms with Crippen LogP contribution >= 0.6 is 0 Å². The summed E-state index contributed by atoms with van der Waals surface area (Å²) in [6.45, 7) is 5.27. The lowest BCUT2D eigenvalue weighted by atomic mass is 10.3. The topological polar surface area (TPSA) is 64.6 Å². The van der Waals surface area contributed by atoms with Crippen molar-refractivity contribution in [3.05, 3.63) is 30.1 Å². The van der Waals surface area contributed by atoms with Crippen LogP contribution in [0.5, 0.6) is 11.5 Å². The van der Waals surface area contributed by atoms with Crippen molar-refractivity contribution in [2.45, 2.75) is 11.8 Å². The summed E-state index contributed by atoms with van der Waals surface area (Å²) >= 11 is 0. The monoisotopic (exact) mass is 289 g/mol. The van der Waals surface area contributed by atoms with Gasteiger partial charge < -0.3 is 9.47 Å². The summed E-state index contributed by atoms with van der Waals surface area (Å²) in [5.41, 5.74) is 0.615. The van der Waals surface area contributed by atoms with Gasteiger partial charge in [-0.25, -0.2) is 17.5 Å². The SMILES string of the molecule is C=C(C)CNS(=O)(=O)c1cc(OC)c(OC)cc1F. The molecule has 0 aliphatic rings. The molecule has 0 atom stereocenters. The molecule has 0 radical (unpaired) electrons. The zero-order chi connectivity index (χ0) is 14.6. The van der Waals surface area contributed by atoms with E-state index in [9.17, 15) is 12.8 Å². The molecule has 1 aromatic carbocycles. The third-order valence-corrected chi connectivity index (χ3v) is 3.71. The van der Waals surface area contributed by atoms with Gasteiger partial charge in [0, 0.05) is 18.7 Å². The van der Waals surface area contributed by atoms with Crippen LogP contribution in [-0.2, 0) is 10.0 Å². The molecule has 0 amide bonds. The number of ether oxygens (including phenoxy) is 2. The molecule has 0 aliphatic heterocycles. The quantitative estimate of drug-likeness (QED) is 0.810. The Balaban J connectivity index is 3.23. The second kappa shape index (κ2) is 6.03. The van der Waals surface area contributed by atoms with Crippen LogP contribution < -0.4 is 14.2 Å². The highest BCUT2D eigenvalue weighted by Gasteiger charge is 2.22. The van der Waals surface area contributed by atoms with Crippen molar-refractivity contribution in [2.24, 2.45) is 0 Å². The minimum atomic E-state index is -3.96. The standard InChI is InChI=1S/C12H16FNO4S/c1-8(2)7-14-19(15,16)12-6-11(18-4)10(17-3)5-9(12)13/h5-6,14H,1,7H2,2-4H3. The van der Waals surface area contributed by atoms with E-state index in [2.05, 4.69) is 11.3 Å². The van der Waals surface area contributed by atoms with Gasteiger partial charge in [-0.1, -0.05) is 12.2 Å². The highest BCUT2D eigenvalue weighted by Crippen LogP contribution is 2.31.